The third kappa shape index (κ3) is 3.73. The van der Waals surface area contributed by atoms with Crippen molar-refractivity contribution in [2.75, 3.05) is 30.9 Å². The van der Waals surface area contributed by atoms with Gasteiger partial charge in [-0.05, 0) is 43.2 Å². The van der Waals surface area contributed by atoms with Crippen LogP contribution in [0.25, 0.3) is 0 Å². The number of rotatable bonds is 5. The fourth-order valence-corrected chi connectivity index (χ4v) is 3.64. The van der Waals surface area contributed by atoms with Gasteiger partial charge in [-0.25, -0.2) is 0 Å². The van der Waals surface area contributed by atoms with Crippen molar-refractivity contribution >= 4 is 29.1 Å². The molecule has 0 bridgehead atoms. The van der Waals surface area contributed by atoms with Gasteiger partial charge in [-0.15, -0.1) is 0 Å². The number of carbonyl (C=O) groups excluding carboxylic acids is 3. The highest BCUT2D eigenvalue weighted by Crippen LogP contribution is 2.30. The van der Waals surface area contributed by atoms with E-state index in [1.54, 1.807) is 41.3 Å². The molecule has 1 atom stereocenters. The predicted octanol–water partition coefficient (Wildman–Crippen LogP) is 2.27. The Morgan fingerprint density at radius 3 is 2.79 bits per heavy atom. The van der Waals surface area contributed by atoms with Crippen LogP contribution in [0, 0.1) is 0 Å². The minimum absolute atomic E-state index is 0.170. The standard InChI is InChI=1S/C21H21N3O5/c1-28-17-6-2-3-7-18(17)29-12-19(25)22-13-8-9-15-14(11-13)21(27)24-10-4-5-16(24)20(26)23-15/h2-3,6-9,11,16H,4-5,10,12H2,1H3,(H,22,25)(H,23,26). The molecule has 150 valence electrons. The summed E-state index contributed by atoms with van der Waals surface area (Å²) in [4.78, 5) is 39.1. The molecule has 0 saturated carbocycles. The van der Waals surface area contributed by atoms with E-state index >= 15 is 0 Å². The average molecular weight is 395 g/mol. The zero-order chi connectivity index (χ0) is 20.4. The molecule has 0 aliphatic carbocycles. The van der Waals surface area contributed by atoms with Crippen molar-refractivity contribution in [1.29, 1.82) is 0 Å². The first-order chi connectivity index (χ1) is 14.1. The van der Waals surface area contributed by atoms with Crippen LogP contribution in [0.2, 0.25) is 0 Å². The van der Waals surface area contributed by atoms with Crippen LogP contribution in [0.3, 0.4) is 0 Å². The van der Waals surface area contributed by atoms with Gasteiger partial charge in [0.1, 0.15) is 6.04 Å². The van der Waals surface area contributed by atoms with Crippen LogP contribution in [0.5, 0.6) is 11.5 Å². The van der Waals surface area contributed by atoms with Crippen LogP contribution >= 0.6 is 0 Å². The minimum Gasteiger partial charge on any atom is -0.493 e. The first kappa shape index (κ1) is 18.8. The Morgan fingerprint density at radius 2 is 2.00 bits per heavy atom. The number of ether oxygens (including phenoxy) is 2. The van der Waals surface area contributed by atoms with E-state index in [4.69, 9.17) is 9.47 Å². The van der Waals surface area contributed by atoms with Crippen molar-refractivity contribution in [3.8, 4) is 11.5 Å². The van der Waals surface area contributed by atoms with Crippen LogP contribution in [0.1, 0.15) is 23.2 Å². The highest BCUT2D eigenvalue weighted by Gasteiger charge is 2.38. The molecule has 2 aliphatic rings. The van der Waals surface area contributed by atoms with Crippen molar-refractivity contribution in [2.24, 2.45) is 0 Å². The molecule has 3 amide bonds. The summed E-state index contributed by atoms with van der Waals surface area (Å²) >= 11 is 0. The number of methoxy groups -OCH3 is 1. The van der Waals surface area contributed by atoms with Gasteiger partial charge >= 0.3 is 0 Å². The molecule has 1 saturated heterocycles. The number of benzene rings is 2. The van der Waals surface area contributed by atoms with Gasteiger partial charge in [-0.3, -0.25) is 14.4 Å². The van der Waals surface area contributed by atoms with Gasteiger partial charge in [0.15, 0.2) is 18.1 Å². The molecular formula is C21H21N3O5. The number of nitrogens with one attached hydrogen (secondary N) is 2. The second kappa shape index (κ2) is 7.83. The number of para-hydroxylation sites is 2. The molecule has 0 aromatic heterocycles. The molecule has 1 fully saturated rings. The summed E-state index contributed by atoms with van der Waals surface area (Å²) in [6, 6.07) is 11.5. The van der Waals surface area contributed by atoms with E-state index in [0.29, 0.717) is 41.4 Å². The lowest BCUT2D eigenvalue weighted by Crippen LogP contribution is -2.40. The Morgan fingerprint density at radius 1 is 1.21 bits per heavy atom. The maximum Gasteiger partial charge on any atom is 0.262 e. The summed E-state index contributed by atoms with van der Waals surface area (Å²) in [6.07, 6.45) is 1.46. The third-order valence-electron chi connectivity index (χ3n) is 5.04. The lowest BCUT2D eigenvalue weighted by molar-refractivity contribution is -0.119. The predicted molar refractivity (Wildman–Crippen MR) is 106 cm³/mol. The monoisotopic (exact) mass is 395 g/mol. The van der Waals surface area contributed by atoms with Gasteiger partial charge in [-0.2, -0.15) is 0 Å². The quantitative estimate of drug-likeness (QED) is 0.810. The summed E-state index contributed by atoms with van der Waals surface area (Å²) in [5.74, 6) is 0.246. The molecule has 2 aromatic rings. The van der Waals surface area contributed by atoms with E-state index < -0.39 is 6.04 Å². The van der Waals surface area contributed by atoms with E-state index in [-0.39, 0.29) is 24.3 Å². The summed E-state index contributed by atoms with van der Waals surface area (Å²) in [5, 5.41) is 5.53. The van der Waals surface area contributed by atoms with Gasteiger partial charge in [0, 0.05) is 12.2 Å². The molecule has 2 N–H and O–H groups in total. The zero-order valence-electron chi connectivity index (χ0n) is 15.9. The van der Waals surface area contributed by atoms with Crippen LogP contribution in [-0.4, -0.2) is 48.9 Å². The molecule has 8 nitrogen and oxygen atoms in total. The van der Waals surface area contributed by atoms with E-state index in [0.717, 1.165) is 6.42 Å². The van der Waals surface area contributed by atoms with E-state index in [9.17, 15) is 14.4 Å². The normalized spacial score (nSPS) is 17.7. The molecule has 8 heteroatoms. The summed E-state index contributed by atoms with van der Waals surface area (Å²) < 4.78 is 10.7. The van der Waals surface area contributed by atoms with E-state index in [2.05, 4.69) is 10.6 Å². The van der Waals surface area contributed by atoms with Crippen LogP contribution in [0.15, 0.2) is 42.5 Å². The third-order valence-corrected chi connectivity index (χ3v) is 5.04. The second-order valence-corrected chi connectivity index (χ2v) is 6.89. The topological polar surface area (TPSA) is 97.0 Å². The van der Waals surface area contributed by atoms with Crippen LogP contribution in [-0.2, 0) is 9.59 Å². The zero-order valence-corrected chi connectivity index (χ0v) is 15.9. The van der Waals surface area contributed by atoms with Crippen molar-refractivity contribution in [2.45, 2.75) is 18.9 Å². The number of nitrogens with zero attached hydrogens (tertiary/aromatic N) is 1. The molecule has 2 aliphatic heterocycles. The molecular weight excluding hydrogens is 374 g/mol. The van der Waals surface area contributed by atoms with Gasteiger partial charge in [-0.1, -0.05) is 12.1 Å². The van der Waals surface area contributed by atoms with Gasteiger partial charge < -0.3 is 25.0 Å². The molecule has 4 rings (SSSR count). The Hall–Kier alpha value is -3.55. The number of amides is 3. The number of fused-ring (bicyclic) bond motifs is 2. The number of anilines is 2. The first-order valence-electron chi connectivity index (χ1n) is 9.38. The van der Waals surface area contributed by atoms with Crippen molar-refractivity contribution in [3.63, 3.8) is 0 Å². The molecule has 2 aromatic carbocycles. The Balaban J connectivity index is 1.46. The first-order valence-corrected chi connectivity index (χ1v) is 9.38. The largest absolute Gasteiger partial charge is 0.493 e. The highest BCUT2D eigenvalue weighted by atomic mass is 16.5. The van der Waals surface area contributed by atoms with Crippen molar-refractivity contribution < 1.29 is 23.9 Å². The Kier molecular flexibility index (Phi) is 5.07. The smallest absolute Gasteiger partial charge is 0.262 e. The van der Waals surface area contributed by atoms with Crippen molar-refractivity contribution in [1.82, 2.24) is 4.90 Å². The van der Waals surface area contributed by atoms with Gasteiger partial charge in [0.05, 0.1) is 18.4 Å². The van der Waals surface area contributed by atoms with Crippen LogP contribution < -0.4 is 20.1 Å². The highest BCUT2D eigenvalue weighted by molar-refractivity contribution is 6.11. The number of hydrogen-bond acceptors (Lipinski definition) is 5. The number of hydrogen-bond donors (Lipinski definition) is 2. The van der Waals surface area contributed by atoms with Crippen LogP contribution in [0.4, 0.5) is 11.4 Å². The van der Waals surface area contributed by atoms with E-state index in [1.165, 1.54) is 7.11 Å². The lowest BCUT2D eigenvalue weighted by Gasteiger charge is -2.20. The summed E-state index contributed by atoms with van der Waals surface area (Å²) in [5.41, 5.74) is 1.28. The maximum atomic E-state index is 12.9. The average Bonchev–Trinajstić information content (AvgIpc) is 3.20. The fourth-order valence-electron chi connectivity index (χ4n) is 3.64. The molecule has 0 radical (unpaired) electrons. The maximum absolute atomic E-state index is 12.9. The Bertz CT molecular complexity index is 975. The molecule has 0 spiro atoms. The van der Waals surface area contributed by atoms with Gasteiger partial charge in [0.25, 0.3) is 11.8 Å². The van der Waals surface area contributed by atoms with E-state index in [1.807, 2.05) is 6.07 Å². The summed E-state index contributed by atoms with van der Waals surface area (Å²) in [6.45, 7) is 0.343. The Labute approximate surface area is 167 Å². The lowest BCUT2D eigenvalue weighted by atomic mass is 10.1. The second-order valence-electron chi connectivity index (χ2n) is 6.89. The van der Waals surface area contributed by atoms with Gasteiger partial charge in [0.2, 0.25) is 5.91 Å². The summed E-state index contributed by atoms with van der Waals surface area (Å²) in [7, 11) is 1.53. The molecule has 1 unspecified atom stereocenters. The molecule has 29 heavy (non-hydrogen) atoms. The fraction of sp³-hybridized carbons (Fsp3) is 0.286. The SMILES string of the molecule is COc1ccccc1OCC(=O)Nc1ccc2c(c1)C(=O)N1CCCC1C(=O)N2. The number of carbonyl (C=O) groups is 3. The minimum atomic E-state index is -0.429. The molecule has 2 heterocycles. The van der Waals surface area contributed by atoms with Crippen molar-refractivity contribution in [3.05, 3.63) is 48.0 Å².